The molecule has 2 amide bonds. The van der Waals surface area contributed by atoms with Crippen LogP contribution in [0.15, 0.2) is 66.7 Å². The SMILES string of the molecule is CCCc1cc(Oc2ccc(CC(C)C)cc2)ccc1OCCCOc1cccc([C@@H]2SC(=O)NC2=O)c1. The predicted molar refractivity (Wildman–Crippen MR) is 151 cm³/mol. The zero-order chi connectivity index (χ0) is 26.9. The topological polar surface area (TPSA) is 73.9 Å². The van der Waals surface area contributed by atoms with Crippen LogP contribution in [0.3, 0.4) is 0 Å². The van der Waals surface area contributed by atoms with Crippen molar-refractivity contribution in [3.63, 3.8) is 0 Å². The number of amides is 2. The maximum Gasteiger partial charge on any atom is 0.286 e. The van der Waals surface area contributed by atoms with Crippen LogP contribution in [-0.4, -0.2) is 24.4 Å². The molecule has 38 heavy (non-hydrogen) atoms. The molecule has 6 nitrogen and oxygen atoms in total. The highest BCUT2D eigenvalue weighted by Crippen LogP contribution is 2.35. The third kappa shape index (κ3) is 7.78. The van der Waals surface area contributed by atoms with E-state index in [1.54, 1.807) is 0 Å². The minimum atomic E-state index is -0.525. The second-order valence-corrected chi connectivity index (χ2v) is 10.8. The van der Waals surface area contributed by atoms with E-state index in [1.165, 1.54) is 5.56 Å². The molecule has 0 unspecified atom stereocenters. The second-order valence-electron chi connectivity index (χ2n) is 9.76. The second kappa shape index (κ2) is 13.4. The molecule has 0 spiro atoms. The third-order valence-corrected chi connectivity index (χ3v) is 7.06. The summed E-state index contributed by atoms with van der Waals surface area (Å²) in [6, 6.07) is 21.6. The highest BCUT2D eigenvalue weighted by atomic mass is 32.2. The number of aryl methyl sites for hydroxylation is 1. The molecule has 1 aliphatic rings. The summed E-state index contributed by atoms with van der Waals surface area (Å²) in [6.07, 6.45) is 3.67. The van der Waals surface area contributed by atoms with Crippen LogP contribution in [0.5, 0.6) is 23.0 Å². The molecule has 3 aromatic rings. The van der Waals surface area contributed by atoms with Gasteiger partial charge in [-0.1, -0.05) is 51.5 Å². The van der Waals surface area contributed by atoms with Gasteiger partial charge in [-0.3, -0.25) is 14.9 Å². The standard InChI is InChI=1S/C31H35NO5S/c1-4-7-23-19-27(37-25-12-10-22(11-13-25)18-21(2)3)14-15-28(23)36-17-6-16-35-26-9-5-8-24(20-26)29-30(33)32-31(34)38-29/h5,8-15,19-21,29H,4,6-7,16-18H2,1-3H3,(H,32,33,34)/t29-/m0/s1. The maximum absolute atomic E-state index is 11.9. The van der Waals surface area contributed by atoms with E-state index in [0.717, 1.165) is 59.4 Å². The van der Waals surface area contributed by atoms with Crippen molar-refractivity contribution in [3.05, 3.63) is 83.4 Å². The molecule has 0 saturated carbocycles. The molecule has 7 heteroatoms. The van der Waals surface area contributed by atoms with E-state index in [9.17, 15) is 9.59 Å². The van der Waals surface area contributed by atoms with Gasteiger partial charge in [-0.05, 0) is 89.7 Å². The summed E-state index contributed by atoms with van der Waals surface area (Å²) >= 11 is 0.990. The Morgan fingerprint density at radius 1 is 0.895 bits per heavy atom. The minimum Gasteiger partial charge on any atom is -0.493 e. The molecule has 1 heterocycles. The summed E-state index contributed by atoms with van der Waals surface area (Å²) in [4.78, 5) is 23.4. The Hall–Kier alpha value is -3.45. The van der Waals surface area contributed by atoms with E-state index < -0.39 is 5.25 Å². The molecule has 3 aromatic carbocycles. The average Bonchev–Trinajstić information content (AvgIpc) is 3.24. The lowest BCUT2D eigenvalue weighted by Crippen LogP contribution is -2.20. The highest BCUT2D eigenvalue weighted by Gasteiger charge is 2.33. The van der Waals surface area contributed by atoms with Gasteiger partial charge in [0.1, 0.15) is 28.2 Å². The number of nitrogens with one attached hydrogen (secondary N) is 1. The van der Waals surface area contributed by atoms with Crippen LogP contribution in [0.1, 0.15) is 55.6 Å². The summed E-state index contributed by atoms with van der Waals surface area (Å²) in [5.74, 6) is 3.50. The molecule has 1 fully saturated rings. The van der Waals surface area contributed by atoms with Crippen LogP contribution in [0, 0.1) is 5.92 Å². The Morgan fingerprint density at radius 2 is 1.66 bits per heavy atom. The van der Waals surface area contributed by atoms with E-state index >= 15 is 0 Å². The fraction of sp³-hybridized carbons (Fsp3) is 0.355. The zero-order valence-corrected chi connectivity index (χ0v) is 23.0. The lowest BCUT2D eigenvalue weighted by Gasteiger charge is -2.14. The molecule has 1 N–H and O–H groups in total. The number of benzene rings is 3. The monoisotopic (exact) mass is 533 g/mol. The molecule has 4 rings (SSSR count). The van der Waals surface area contributed by atoms with Crippen LogP contribution in [0.2, 0.25) is 0 Å². The average molecular weight is 534 g/mol. The lowest BCUT2D eigenvalue weighted by atomic mass is 10.0. The predicted octanol–water partition coefficient (Wildman–Crippen LogP) is 7.50. The molecule has 0 radical (unpaired) electrons. The molecular weight excluding hydrogens is 498 g/mol. The van der Waals surface area contributed by atoms with Crippen LogP contribution >= 0.6 is 11.8 Å². The molecule has 1 aliphatic heterocycles. The number of imide groups is 1. The number of ether oxygens (including phenoxy) is 3. The molecule has 0 bridgehead atoms. The van der Waals surface area contributed by atoms with E-state index in [-0.39, 0.29) is 11.1 Å². The van der Waals surface area contributed by atoms with E-state index in [4.69, 9.17) is 14.2 Å². The summed E-state index contributed by atoms with van der Waals surface area (Å²) in [7, 11) is 0. The Labute approximate surface area is 229 Å². The number of hydrogen-bond acceptors (Lipinski definition) is 6. The Morgan fingerprint density at radius 3 is 2.37 bits per heavy atom. The Bertz CT molecular complexity index is 1240. The number of carbonyl (C=O) groups is 2. The first-order valence-corrected chi connectivity index (χ1v) is 14.1. The number of hydrogen-bond donors (Lipinski definition) is 1. The van der Waals surface area contributed by atoms with Crippen LogP contribution in [-0.2, 0) is 17.6 Å². The first kappa shape index (κ1) is 27.6. The summed E-state index contributed by atoms with van der Waals surface area (Å²) in [5.41, 5.74) is 3.19. The van der Waals surface area contributed by atoms with E-state index in [0.29, 0.717) is 31.3 Å². The molecule has 1 saturated heterocycles. The lowest BCUT2D eigenvalue weighted by molar-refractivity contribution is -0.119. The van der Waals surface area contributed by atoms with Gasteiger partial charge in [0.25, 0.3) is 5.24 Å². The van der Waals surface area contributed by atoms with Gasteiger partial charge >= 0.3 is 0 Å². The number of rotatable bonds is 13. The fourth-order valence-corrected chi connectivity index (χ4v) is 5.12. The van der Waals surface area contributed by atoms with Gasteiger partial charge in [0.2, 0.25) is 5.91 Å². The van der Waals surface area contributed by atoms with Gasteiger partial charge in [0, 0.05) is 6.42 Å². The van der Waals surface area contributed by atoms with Crippen molar-refractivity contribution < 1.29 is 23.8 Å². The Kier molecular flexibility index (Phi) is 9.71. The van der Waals surface area contributed by atoms with Crippen molar-refractivity contribution in [2.75, 3.05) is 13.2 Å². The summed E-state index contributed by atoms with van der Waals surface area (Å²) in [5, 5.41) is 1.47. The van der Waals surface area contributed by atoms with E-state index in [1.807, 2.05) is 48.5 Å². The first-order valence-electron chi connectivity index (χ1n) is 13.2. The molecule has 0 aliphatic carbocycles. The van der Waals surface area contributed by atoms with Gasteiger partial charge < -0.3 is 14.2 Å². The molecule has 200 valence electrons. The van der Waals surface area contributed by atoms with Crippen LogP contribution in [0.25, 0.3) is 0 Å². The van der Waals surface area contributed by atoms with Crippen molar-refractivity contribution in [1.82, 2.24) is 5.32 Å². The zero-order valence-electron chi connectivity index (χ0n) is 22.2. The largest absolute Gasteiger partial charge is 0.493 e. The van der Waals surface area contributed by atoms with Gasteiger partial charge in [-0.15, -0.1) is 0 Å². The number of carbonyl (C=O) groups excluding carboxylic acids is 2. The quantitative estimate of drug-likeness (QED) is 0.229. The van der Waals surface area contributed by atoms with Crippen molar-refractivity contribution >= 4 is 22.9 Å². The van der Waals surface area contributed by atoms with Crippen molar-refractivity contribution in [2.45, 2.75) is 51.7 Å². The van der Waals surface area contributed by atoms with Crippen molar-refractivity contribution in [1.29, 1.82) is 0 Å². The smallest absolute Gasteiger partial charge is 0.286 e. The fourth-order valence-electron chi connectivity index (χ4n) is 4.30. The molecule has 0 aromatic heterocycles. The highest BCUT2D eigenvalue weighted by molar-refractivity contribution is 8.15. The summed E-state index contributed by atoms with van der Waals surface area (Å²) < 4.78 is 18.1. The maximum atomic E-state index is 11.9. The van der Waals surface area contributed by atoms with Gasteiger partial charge in [-0.2, -0.15) is 0 Å². The number of thioether (sulfide) groups is 1. The van der Waals surface area contributed by atoms with E-state index in [2.05, 4.69) is 44.3 Å². The summed E-state index contributed by atoms with van der Waals surface area (Å²) in [6.45, 7) is 7.58. The minimum absolute atomic E-state index is 0.288. The molecule has 1 atom stereocenters. The van der Waals surface area contributed by atoms with Gasteiger partial charge in [-0.25, -0.2) is 0 Å². The van der Waals surface area contributed by atoms with Crippen LogP contribution in [0.4, 0.5) is 4.79 Å². The normalized spacial score (nSPS) is 15.0. The molecular formula is C31H35NO5S. The van der Waals surface area contributed by atoms with Crippen LogP contribution < -0.4 is 19.5 Å². The third-order valence-electron chi connectivity index (χ3n) is 6.02. The van der Waals surface area contributed by atoms with Crippen molar-refractivity contribution in [3.8, 4) is 23.0 Å². The van der Waals surface area contributed by atoms with Gasteiger partial charge in [0.15, 0.2) is 0 Å². The Balaban J connectivity index is 1.27. The van der Waals surface area contributed by atoms with Crippen molar-refractivity contribution in [2.24, 2.45) is 5.92 Å². The first-order chi connectivity index (χ1) is 18.4. The van der Waals surface area contributed by atoms with Gasteiger partial charge in [0.05, 0.1) is 13.2 Å².